The maximum absolute atomic E-state index is 2.38. The van der Waals surface area contributed by atoms with Crippen LogP contribution in [0.5, 0.6) is 0 Å². The Morgan fingerprint density at radius 2 is 1.60 bits per heavy atom. The fourth-order valence-corrected chi connectivity index (χ4v) is 3.34. The second-order valence-corrected chi connectivity index (χ2v) is 6.19. The van der Waals surface area contributed by atoms with E-state index in [1.807, 2.05) is 0 Å². The molecule has 0 saturated heterocycles. The van der Waals surface area contributed by atoms with Crippen LogP contribution in [0.3, 0.4) is 0 Å². The van der Waals surface area contributed by atoms with E-state index >= 15 is 0 Å². The Hall–Kier alpha value is -0.430. The van der Waals surface area contributed by atoms with Gasteiger partial charge in [-0.15, -0.1) is 11.8 Å². The summed E-state index contributed by atoms with van der Waals surface area (Å²) in [6, 6.07) is 8.96. The van der Waals surface area contributed by atoms with Gasteiger partial charge < -0.3 is 0 Å². The highest BCUT2D eigenvalue weighted by molar-refractivity contribution is 8.00. The Kier molecular flexibility index (Phi) is 3.74. The normalized spacial score (nSPS) is 26.5. The van der Waals surface area contributed by atoms with E-state index in [1.165, 1.54) is 36.1 Å². The second-order valence-electron chi connectivity index (χ2n) is 4.81. The molecule has 0 radical (unpaired) electrons. The van der Waals surface area contributed by atoms with Gasteiger partial charge in [0.1, 0.15) is 0 Å². The average Bonchev–Trinajstić information content (AvgIpc) is 2.25. The summed E-state index contributed by atoms with van der Waals surface area (Å²) in [5.74, 6) is 0.958. The van der Waals surface area contributed by atoms with Gasteiger partial charge in [-0.1, -0.05) is 24.6 Å². The van der Waals surface area contributed by atoms with Crippen molar-refractivity contribution in [2.24, 2.45) is 5.92 Å². The molecule has 1 aromatic carbocycles. The summed E-state index contributed by atoms with van der Waals surface area (Å²) in [4.78, 5) is 1.44. The number of aryl methyl sites for hydroxylation is 1. The average molecular weight is 220 g/mol. The van der Waals surface area contributed by atoms with Crippen LogP contribution in [0, 0.1) is 12.8 Å². The molecule has 0 N–H and O–H groups in total. The van der Waals surface area contributed by atoms with Crippen molar-refractivity contribution in [3.8, 4) is 0 Å². The molecule has 0 unspecified atom stereocenters. The van der Waals surface area contributed by atoms with E-state index in [9.17, 15) is 0 Å². The SMILES string of the molecule is Cc1ccc(SC2CCC(C)CC2)cc1. The van der Waals surface area contributed by atoms with Gasteiger partial charge in [0.05, 0.1) is 0 Å². The minimum atomic E-state index is 0.865. The summed E-state index contributed by atoms with van der Waals surface area (Å²) in [5, 5.41) is 0.865. The molecule has 1 heteroatoms. The molecular formula is C14H20S. The molecule has 0 bridgehead atoms. The van der Waals surface area contributed by atoms with Crippen molar-refractivity contribution in [3.63, 3.8) is 0 Å². The van der Waals surface area contributed by atoms with E-state index in [1.54, 1.807) is 0 Å². The van der Waals surface area contributed by atoms with Crippen LogP contribution < -0.4 is 0 Å². The van der Waals surface area contributed by atoms with Crippen molar-refractivity contribution < 1.29 is 0 Å². The lowest BCUT2D eigenvalue weighted by atomic mass is 9.91. The van der Waals surface area contributed by atoms with Gasteiger partial charge in [0, 0.05) is 10.1 Å². The summed E-state index contributed by atoms with van der Waals surface area (Å²) >= 11 is 2.08. The first-order chi connectivity index (χ1) is 7.24. The molecule has 15 heavy (non-hydrogen) atoms. The molecule has 0 heterocycles. The minimum Gasteiger partial charge on any atom is -0.123 e. The summed E-state index contributed by atoms with van der Waals surface area (Å²) in [5.41, 5.74) is 1.36. The van der Waals surface area contributed by atoms with E-state index in [-0.39, 0.29) is 0 Å². The molecule has 1 aliphatic rings. The standard InChI is InChI=1S/C14H20S/c1-11-3-7-13(8-4-11)15-14-9-5-12(2)6-10-14/h3-4,7-8,12,14H,5-6,9-10H2,1-2H3. The number of hydrogen-bond acceptors (Lipinski definition) is 1. The lowest BCUT2D eigenvalue weighted by Gasteiger charge is -2.25. The van der Waals surface area contributed by atoms with Crippen LogP contribution in [0.15, 0.2) is 29.2 Å². The van der Waals surface area contributed by atoms with Crippen molar-refractivity contribution in [1.82, 2.24) is 0 Å². The lowest BCUT2D eigenvalue weighted by Crippen LogP contribution is -2.13. The lowest BCUT2D eigenvalue weighted by molar-refractivity contribution is 0.393. The highest BCUT2D eigenvalue weighted by atomic mass is 32.2. The summed E-state index contributed by atoms with van der Waals surface area (Å²) in [6.07, 6.45) is 5.65. The third-order valence-electron chi connectivity index (χ3n) is 3.29. The van der Waals surface area contributed by atoms with Crippen molar-refractivity contribution in [3.05, 3.63) is 29.8 Å². The van der Waals surface area contributed by atoms with Crippen LogP contribution in [-0.2, 0) is 0 Å². The molecule has 82 valence electrons. The maximum atomic E-state index is 2.38. The smallest absolute Gasteiger partial charge is 0.00946 e. The minimum absolute atomic E-state index is 0.865. The Bertz CT molecular complexity index is 294. The number of thioether (sulfide) groups is 1. The van der Waals surface area contributed by atoms with Crippen molar-refractivity contribution in [1.29, 1.82) is 0 Å². The predicted molar refractivity (Wildman–Crippen MR) is 68.5 cm³/mol. The van der Waals surface area contributed by atoms with Gasteiger partial charge in [0.25, 0.3) is 0 Å². The molecule has 1 aromatic rings. The van der Waals surface area contributed by atoms with Gasteiger partial charge in [-0.2, -0.15) is 0 Å². The van der Waals surface area contributed by atoms with Gasteiger partial charge in [-0.05, 0) is 50.7 Å². The topological polar surface area (TPSA) is 0 Å². The van der Waals surface area contributed by atoms with Crippen molar-refractivity contribution >= 4 is 11.8 Å². The molecule has 0 aromatic heterocycles. The fourth-order valence-electron chi connectivity index (χ4n) is 2.16. The predicted octanol–water partition coefficient (Wildman–Crippen LogP) is 4.67. The van der Waals surface area contributed by atoms with Crippen LogP contribution in [0.1, 0.15) is 38.2 Å². The molecule has 0 nitrogen and oxygen atoms in total. The summed E-state index contributed by atoms with van der Waals surface area (Å²) in [6.45, 7) is 4.53. The first-order valence-corrected chi connectivity index (χ1v) is 6.85. The quantitative estimate of drug-likeness (QED) is 0.698. The zero-order valence-corrected chi connectivity index (χ0v) is 10.5. The largest absolute Gasteiger partial charge is 0.123 e. The Morgan fingerprint density at radius 3 is 2.20 bits per heavy atom. The first-order valence-electron chi connectivity index (χ1n) is 5.97. The van der Waals surface area contributed by atoms with E-state index in [0.29, 0.717) is 0 Å². The number of benzene rings is 1. The van der Waals surface area contributed by atoms with Gasteiger partial charge in [0.15, 0.2) is 0 Å². The fraction of sp³-hybridized carbons (Fsp3) is 0.571. The molecule has 0 atom stereocenters. The third-order valence-corrected chi connectivity index (χ3v) is 4.64. The molecule has 1 saturated carbocycles. The monoisotopic (exact) mass is 220 g/mol. The highest BCUT2D eigenvalue weighted by Gasteiger charge is 2.18. The highest BCUT2D eigenvalue weighted by Crippen LogP contribution is 2.35. The van der Waals surface area contributed by atoms with Crippen LogP contribution in [0.4, 0.5) is 0 Å². The molecule has 0 amide bonds. The Balaban J connectivity index is 1.89. The van der Waals surface area contributed by atoms with Gasteiger partial charge in [0.2, 0.25) is 0 Å². The van der Waals surface area contributed by atoms with E-state index in [2.05, 4.69) is 49.9 Å². The van der Waals surface area contributed by atoms with Crippen LogP contribution in [0.2, 0.25) is 0 Å². The van der Waals surface area contributed by atoms with E-state index < -0.39 is 0 Å². The third kappa shape index (κ3) is 3.27. The number of hydrogen-bond donors (Lipinski definition) is 0. The number of rotatable bonds is 2. The maximum Gasteiger partial charge on any atom is 0.00946 e. The molecular weight excluding hydrogens is 200 g/mol. The summed E-state index contributed by atoms with van der Waals surface area (Å²) in [7, 11) is 0. The van der Waals surface area contributed by atoms with Crippen molar-refractivity contribution in [2.45, 2.75) is 49.7 Å². The zero-order valence-electron chi connectivity index (χ0n) is 9.70. The molecule has 2 rings (SSSR count). The Morgan fingerprint density at radius 1 is 1.00 bits per heavy atom. The van der Waals surface area contributed by atoms with E-state index in [0.717, 1.165) is 11.2 Å². The van der Waals surface area contributed by atoms with Crippen LogP contribution >= 0.6 is 11.8 Å². The van der Waals surface area contributed by atoms with Crippen LogP contribution in [0.25, 0.3) is 0 Å². The van der Waals surface area contributed by atoms with Crippen LogP contribution in [-0.4, -0.2) is 5.25 Å². The zero-order chi connectivity index (χ0) is 10.7. The Labute approximate surface area is 97.5 Å². The molecule has 0 aliphatic heterocycles. The molecule has 1 aliphatic carbocycles. The molecule has 0 spiro atoms. The van der Waals surface area contributed by atoms with Gasteiger partial charge >= 0.3 is 0 Å². The molecule has 1 fully saturated rings. The van der Waals surface area contributed by atoms with E-state index in [4.69, 9.17) is 0 Å². The second kappa shape index (κ2) is 5.07. The summed E-state index contributed by atoms with van der Waals surface area (Å²) < 4.78 is 0. The first kappa shape index (κ1) is 11.1. The van der Waals surface area contributed by atoms with Gasteiger partial charge in [-0.3, -0.25) is 0 Å². The van der Waals surface area contributed by atoms with Gasteiger partial charge in [-0.25, -0.2) is 0 Å². The van der Waals surface area contributed by atoms with Crippen molar-refractivity contribution in [2.75, 3.05) is 0 Å².